The Morgan fingerprint density at radius 1 is 0.895 bits per heavy atom. The van der Waals surface area contributed by atoms with Crippen molar-refractivity contribution in [3.8, 4) is 17.3 Å². The number of nitriles is 1. The molecule has 1 aromatic heterocycles. The maximum Gasteiger partial charge on any atom is 0.132 e. The number of aromatic nitrogens is 1. The summed E-state index contributed by atoms with van der Waals surface area (Å²) in [6.45, 7) is 0. The highest BCUT2D eigenvalue weighted by atomic mass is 14.8. The molecule has 0 saturated carbocycles. The Kier molecular flexibility index (Phi) is 2.62. The van der Waals surface area contributed by atoms with Gasteiger partial charge in [0.05, 0.1) is 11.3 Å². The summed E-state index contributed by atoms with van der Waals surface area (Å²) in [5.74, 6) is 0.452. The average Bonchev–Trinajstić information content (AvgIpc) is 2.48. The van der Waals surface area contributed by atoms with Crippen molar-refractivity contribution in [3.63, 3.8) is 0 Å². The Labute approximate surface area is 110 Å². The van der Waals surface area contributed by atoms with Crippen LogP contribution in [0.15, 0.2) is 54.6 Å². The quantitative estimate of drug-likeness (QED) is 0.715. The first-order chi connectivity index (χ1) is 9.31. The Morgan fingerprint density at radius 2 is 1.53 bits per heavy atom. The van der Waals surface area contributed by atoms with E-state index in [-0.39, 0.29) is 0 Å². The number of benzene rings is 2. The van der Waals surface area contributed by atoms with Crippen LogP contribution in [0.2, 0.25) is 0 Å². The van der Waals surface area contributed by atoms with Gasteiger partial charge in [-0.15, -0.1) is 0 Å². The molecule has 1 heterocycles. The highest BCUT2D eigenvalue weighted by Gasteiger charge is 2.13. The lowest BCUT2D eigenvalue weighted by Crippen LogP contribution is -1.98. The minimum atomic E-state index is 0.452. The third-order valence-corrected chi connectivity index (χ3v) is 3.10. The fourth-order valence-corrected chi connectivity index (χ4v) is 2.21. The lowest BCUT2D eigenvalue weighted by molar-refractivity contribution is 1.34. The molecule has 0 aliphatic heterocycles. The fraction of sp³-hybridized carbons (Fsp3) is 0. The number of nitrogen functional groups attached to an aromatic ring is 1. The summed E-state index contributed by atoms with van der Waals surface area (Å²) < 4.78 is 0. The number of nitrogens with zero attached hydrogens (tertiary/aromatic N) is 2. The molecule has 0 amide bonds. The van der Waals surface area contributed by atoms with Gasteiger partial charge in [-0.05, 0) is 0 Å². The van der Waals surface area contributed by atoms with Gasteiger partial charge < -0.3 is 5.73 Å². The summed E-state index contributed by atoms with van der Waals surface area (Å²) in [5.41, 5.74) is 8.10. The van der Waals surface area contributed by atoms with Gasteiger partial charge >= 0.3 is 0 Å². The molecule has 0 unspecified atom stereocenters. The van der Waals surface area contributed by atoms with Crippen molar-refractivity contribution < 1.29 is 0 Å². The molecule has 3 rings (SSSR count). The first kappa shape index (κ1) is 11.2. The van der Waals surface area contributed by atoms with Gasteiger partial charge in [-0.1, -0.05) is 54.6 Å². The average molecular weight is 245 g/mol. The normalized spacial score (nSPS) is 10.3. The molecule has 3 nitrogen and oxygen atoms in total. The van der Waals surface area contributed by atoms with Crippen LogP contribution in [0.4, 0.5) is 5.82 Å². The summed E-state index contributed by atoms with van der Waals surface area (Å²) in [6, 6.07) is 19.4. The lowest BCUT2D eigenvalue weighted by atomic mass is 10.0. The van der Waals surface area contributed by atoms with E-state index in [9.17, 15) is 5.26 Å². The first-order valence-corrected chi connectivity index (χ1v) is 5.95. The van der Waals surface area contributed by atoms with E-state index in [4.69, 9.17) is 5.73 Å². The van der Waals surface area contributed by atoms with Crippen LogP contribution < -0.4 is 5.73 Å². The molecule has 0 atom stereocenters. The molecule has 90 valence electrons. The van der Waals surface area contributed by atoms with Crippen molar-refractivity contribution >= 4 is 16.6 Å². The number of hydrogen-bond donors (Lipinski definition) is 1. The molecule has 2 aromatic carbocycles. The molecule has 0 bridgehead atoms. The summed E-state index contributed by atoms with van der Waals surface area (Å²) in [6.07, 6.45) is 0. The molecule has 0 aliphatic rings. The van der Waals surface area contributed by atoms with E-state index in [0.717, 1.165) is 16.3 Å². The van der Waals surface area contributed by atoms with Crippen LogP contribution in [0.1, 0.15) is 5.56 Å². The zero-order chi connectivity index (χ0) is 13.2. The summed E-state index contributed by atoms with van der Waals surface area (Å²) >= 11 is 0. The number of anilines is 1. The minimum absolute atomic E-state index is 0.452. The number of hydrogen-bond acceptors (Lipinski definition) is 3. The Bertz CT molecular complexity index is 786. The zero-order valence-electron chi connectivity index (χ0n) is 10.2. The van der Waals surface area contributed by atoms with Crippen molar-refractivity contribution in [2.24, 2.45) is 0 Å². The minimum Gasteiger partial charge on any atom is -0.383 e. The van der Waals surface area contributed by atoms with E-state index < -0.39 is 0 Å². The number of rotatable bonds is 1. The van der Waals surface area contributed by atoms with Crippen LogP contribution >= 0.6 is 0 Å². The SMILES string of the molecule is N#Cc1c(-c2ccccc2)nc(N)c2ccccc12. The van der Waals surface area contributed by atoms with Crippen LogP contribution in [-0.4, -0.2) is 4.98 Å². The molecule has 3 aromatic rings. The zero-order valence-corrected chi connectivity index (χ0v) is 10.2. The van der Waals surface area contributed by atoms with Gasteiger partial charge in [0, 0.05) is 16.3 Å². The van der Waals surface area contributed by atoms with Gasteiger partial charge in [0.2, 0.25) is 0 Å². The largest absolute Gasteiger partial charge is 0.383 e. The molecule has 0 saturated heterocycles. The smallest absolute Gasteiger partial charge is 0.132 e. The van der Waals surface area contributed by atoms with Crippen molar-refractivity contribution in [2.45, 2.75) is 0 Å². The van der Waals surface area contributed by atoms with E-state index in [1.807, 2.05) is 54.6 Å². The first-order valence-electron chi connectivity index (χ1n) is 5.95. The Hall–Kier alpha value is -2.86. The fourth-order valence-electron chi connectivity index (χ4n) is 2.21. The van der Waals surface area contributed by atoms with Crippen LogP contribution in [0.25, 0.3) is 22.0 Å². The predicted molar refractivity (Wildman–Crippen MR) is 76.3 cm³/mol. The summed E-state index contributed by atoms with van der Waals surface area (Å²) in [5, 5.41) is 11.1. The van der Waals surface area contributed by atoms with Gasteiger partial charge in [0.1, 0.15) is 11.9 Å². The van der Waals surface area contributed by atoms with Gasteiger partial charge in [0.25, 0.3) is 0 Å². The predicted octanol–water partition coefficient (Wildman–Crippen LogP) is 3.36. The molecule has 0 spiro atoms. The van der Waals surface area contributed by atoms with Crippen molar-refractivity contribution in [3.05, 3.63) is 60.2 Å². The van der Waals surface area contributed by atoms with Crippen molar-refractivity contribution in [2.75, 3.05) is 5.73 Å². The maximum atomic E-state index is 9.44. The third-order valence-electron chi connectivity index (χ3n) is 3.10. The maximum absolute atomic E-state index is 9.44. The molecule has 19 heavy (non-hydrogen) atoms. The highest BCUT2D eigenvalue weighted by molar-refractivity contribution is 5.98. The van der Waals surface area contributed by atoms with E-state index in [2.05, 4.69) is 11.1 Å². The molecule has 3 heteroatoms. The van der Waals surface area contributed by atoms with Crippen LogP contribution in [0.5, 0.6) is 0 Å². The van der Waals surface area contributed by atoms with Crippen molar-refractivity contribution in [1.29, 1.82) is 5.26 Å². The van der Waals surface area contributed by atoms with E-state index in [1.54, 1.807) is 0 Å². The molecule has 0 fully saturated rings. The third kappa shape index (κ3) is 1.80. The summed E-state index contributed by atoms with van der Waals surface area (Å²) in [7, 11) is 0. The van der Waals surface area contributed by atoms with E-state index in [0.29, 0.717) is 17.1 Å². The van der Waals surface area contributed by atoms with Gasteiger partial charge in [0.15, 0.2) is 0 Å². The van der Waals surface area contributed by atoms with Crippen LogP contribution in [0, 0.1) is 11.3 Å². The van der Waals surface area contributed by atoms with Crippen molar-refractivity contribution in [1.82, 2.24) is 4.98 Å². The number of fused-ring (bicyclic) bond motifs is 1. The molecule has 2 N–H and O–H groups in total. The lowest BCUT2D eigenvalue weighted by Gasteiger charge is -2.09. The molecule has 0 radical (unpaired) electrons. The van der Waals surface area contributed by atoms with Crippen LogP contribution in [0.3, 0.4) is 0 Å². The summed E-state index contributed by atoms with van der Waals surface area (Å²) in [4.78, 5) is 4.40. The van der Waals surface area contributed by atoms with Gasteiger partial charge in [-0.3, -0.25) is 0 Å². The second-order valence-corrected chi connectivity index (χ2v) is 4.24. The monoisotopic (exact) mass is 245 g/mol. The number of nitrogens with two attached hydrogens (primary N) is 1. The second kappa shape index (κ2) is 4.43. The van der Waals surface area contributed by atoms with Crippen LogP contribution in [-0.2, 0) is 0 Å². The van der Waals surface area contributed by atoms with Gasteiger partial charge in [-0.25, -0.2) is 4.98 Å². The molecule has 0 aliphatic carbocycles. The van der Waals surface area contributed by atoms with E-state index >= 15 is 0 Å². The highest BCUT2D eigenvalue weighted by Crippen LogP contribution is 2.30. The Balaban J connectivity index is 2.42. The van der Waals surface area contributed by atoms with Gasteiger partial charge in [-0.2, -0.15) is 5.26 Å². The Morgan fingerprint density at radius 3 is 2.21 bits per heavy atom. The van der Waals surface area contributed by atoms with E-state index in [1.165, 1.54) is 0 Å². The molecular weight excluding hydrogens is 234 g/mol. The standard InChI is InChI=1S/C16H11N3/c17-10-14-12-8-4-5-9-13(12)16(18)19-15(14)11-6-2-1-3-7-11/h1-9H,(H2,18,19). The number of pyridine rings is 1. The topological polar surface area (TPSA) is 62.7 Å². The molecular formula is C16H11N3. The second-order valence-electron chi connectivity index (χ2n) is 4.24.